The van der Waals surface area contributed by atoms with Gasteiger partial charge in [-0.2, -0.15) is 9.98 Å². The quantitative estimate of drug-likeness (QED) is 0.303. The first kappa shape index (κ1) is 27.8. The molecule has 16 heteroatoms. The zero-order chi connectivity index (χ0) is 28.9. The number of alkyl halides is 2. The number of hydrogen-bond donors (Lipinski definition) is 1. The molecule has 4 aromatic rings. The van der Waals surface area contributed by atoms with Crippen LogP contribution in [0.3, 0.4) is 0 Å². The molecule has 4 heterocycles. The summed E-state index contributed by atoms with van der Waals surface area (Å²) in [5.41, 5.74) is -0.308. The summed E-state index contributed by atoms with van der Waals surface area (Å²) in [5, 5.41) is 18.0. The maximum Gasteiger partial charge on any atom is 0.291 e. The maximum atomic E-state index is 13.5. The van der Waals surface area contributed by atoms with E-state index in [0.717, 1.165) is 13.1 Å². The summed E-state index contributed by atoms with van der Waals surface area (Å²) >= 11 is 0.705. The van der Waals surface area contributed by atoms with Crippen LogP contribution >= 0.6 is 11.3 Å². The molecule has 0 spiro atoms. The average molecular weight is 604 g/mol. The number of benzene rings is 1. The highest BCUT2D eigenvalue weighted by atomic mass is 32.2. The molecule has 1 aliphatic carbocycles. The number of sulfonamides is 1. The Morgan fingerprint density at radius 1 is 1.27 bits per heavy atom. The van der Waals surface area contributed by atoms with E-state index >= 15 is 0 Å². The second-order valence-corrected chi connectivity index (χ2v) is 12.9. The van der Waals surface area contributed by atoms with E-state index in [1.165, 1.54) is 18.5 Å². The summed E-state index contributed by atoms with van der Waals surface area (Å²) in [4.78, 5) is 13.5. The van der Waals surface area contributed by atoms with Gasteiger partial charge in [-0.1, -0.05) is 17.4 Å². The first-order valence-corrected chi connectivity index (χ1v) is 15.3. The Bertz CT molecular complexity index is 1770. The molecule has 41 heavy (non-hydrogen) atoms. The van der Waals surface area contributed by atoms with Crippen molar-refractivity contribution in [3.63, 3.8) is 0 Å². The molecule has 0 radical (unpaired) electrons. The van der Waals surface area contributed by atoms with Crippen molar-refractivity contribution in [3.05, 3.63) is 29.5 Å². The summed E-state index contributed by atoms with van der Waals surface area (Å²) in [5.74, 6) is 0.658. The van der Waals surface area contributed by atoms with E-state index in [4.69, 9.17) is 4.74 Å². The van der Waals surface area contributed by atoms with Crippen LogP contribution in [-0.2, 0) is 14.8 Å². The van der Waals surface area contributed by atoms with Gasteiger partial charge < -0.3 is 9.64 Å². The number of anilines is 1. The molecule has 1 aliphatic heterocycles. The van der Waals surface area contributed by atoms with Crippen molar-refractivity contribution in [3.8, 4) is 11.2 Å². The number of nitriles is 1. The number of methoxy groups -OCH3 is 1. The van der Waals surface area contributed by atoms with Gasteiger partial charge >= 0.3 is 0 Å². The Balaban J connectivity index is 1.50. The molecule has 1 N–H and O–H groups in total. The Labute approximate surface area is 238 Å². The molecule has 0 bridgehead atoms. The Morgan fingerprint density at radius 2 is 2.07 bits per heavy atom. The summed E-state index contributed by atoms with van der Waals surface area (Å²) in [6.45, 7) is 5.74. The van der Waals surface area contributed by atoms with Crippen LogP contribution in [-0.4, -0.2) is 89.5 Å². The molecule has 0 unspecified atom stereocenters. The van der Waals surface area contributed by atoms with Gasteiger partial charge in [-0.3, -0.25) is 9.47 Å². The number of hydrogen-bond acceptors (Lipinski definition) is 11. The van der Waals surface area contributed by atoms with Crippen molar-refractivity contribution >= 4 is 49.1 Å². The maximum absolute atomic E-state index is 13.5. The van der Waals surface area contributed by atoms with E-state index in [2.05, 4.69) is 41.6 Å². The zero-order valence-corrected chi connectivity index (χ0v) is 23.9. The number of rotatable bonds is 9. The number of fused-ring (bicyclic) bond motifs is 3. The molecule has 1 saturated heterocycles. The number of nitrogens with one attached hydrogen (secondary N) is 1. The predicted molar refractivity (Wildman–Crippen MR) is 148 cm³/mol. The second kappa shape index (κ2) is 10.5. The summed E-state index contributed by atoms with van der Waals surface area (Å²) < 4.78 is 62.7. The first-order valence-electron chi connectivity index (χ1n) is 13.0. The van der Waals surface area contributed by atoms with E-state index in [0.29, 0.717) is 71.6 Å². The number of halogens is 2. The van der Waals surface area contributed by atoms with E-state index in [-0.39, 0.29) is 16.1 Å². The second-order valence-electron chi connectivity index (χ2n) is 10.3. The SMILES string of the molecule is COCCN1CCN(c2ncnc3c2c2ccc(S(=O)(=O)NC4(C#N)CC4)cc2n3-c2nnc(C(F)F)s2)C[C@@H]1C. The fraction of sp³-hybridized carbons (Fsp3) is 0.480. The molecule has 216 valence electrons. The summed E-state index contributed by atoms with van der Waals surface area (Å²) in [6.07, 6.45) is -0.533. The van der Waals surface area contributed by atoms with Gasteiger partial charge in [-0.25, -0.2) is 27.2 Å². The lowest BCUT2D eigenvalue weighted by molar-refractivity contribution is 0.117. The van der Waals surface area contributed by atoms with Crippen molar-refractivity contribution in [2.45, 2.75) is 42.7 Å². The minimum absolute atomic E-state index is 0.0657. The topological polar surface area (TPSA) is 142 Å². The van der Waals surface area contributed by atoms with Gasteiger partial charge in [0.25, 0.3) is 6.43 Å². The van der Waals surface area contributed by atoms with Crippen LogP contribution < -0.4 is 9.62 Å². The van der Waals surface area contributed by atoms with E-state index in [1.54, 1.807) is 17.7 Å². The molecule has 2 fully saturated rings. The summed E-state index contributed by atoms with van der Waals surface area (Å²) in [7, 11) is -2.38. The van der Waals surface area contributed by atoms with Crippen LogP contribution in [0.5, 0.6) is 0 Å². The van der Waals surface area contributed by atoms with E-state index in [1.807, 2.05) is 6.07 Å². The zero-order valence-electron chi connectivity index (χ0n) is 22.3. The molecule has 1 atom stereocenters. The lowest BCUT2D eigenvalue weighted by atomic mass is 10.1. The number of ether oxygens (including phenoxy) is 1. The van der Waals surface area contributed by atoms with Crippen LogP contribution in [0.15, 0.2) is 29.4 Å². The van der Waals surface area contributed by atoms with Crippen molar-refractivity contribution in [1.82, 2.24) is 34.4 Å². The Hall–Kier alpha value is -3.36. The highest BCUT2D eigenvalue weighted by Crippen LogP contribution is 2.40. The lowest BCUT2D eigenvalue weighted by Crippen LogP contribution is -2.53. The standard InChI is InChI=1S/C25H27F2N9O3S2/c1-15-12-35(8-7-34(15)9-10-39-2)21-19-17-4-3-16(41(37,38)33-25(13-28)5-6-25)11-18(17)36(22(19)30-14-29-21)24-32-31-23(40-24)20(26)27/h3-4,11,14-15,20,33H,5-10,12H2,1-2H3/t15-/m0/s1. The van der Waals surface area contributed by atoms with Crippen LogP contribution in [0.25, 0.3) is 27.1 Å². The Kier molecular flexibility index (Phi) is 7.10. The van der Waals surface area contributed by atoms with Gasteiger partial charge in [0.05, 0.1) is 28.5 Å². The number of piperazine rings is 1. The molecule has 1 aromatic carbocycles. The minimum Gasteiger partial charge on any atom is -0.383 e. The van der Waals surface area contributed by atoms with Crippen LogP contribution in [0.4, 0.5) is 14.6 Å². The van der Waals surface area contributed by atoms with Gasteiger partial charge in [0.1, 0.15) is 17.7 Å². The van der Waals surface area contributed by atoms with Gasteiger partial charge in [0, 0.05) is 44.7 Å². The normalized spacial score (nSPS) is 19.3. The fourth-order valence-corrected chi connectivity index (χ4v) is 7.32. The molecule has 0 amide bonds. The predicted octanol–water partition coefficient (Wildman–Crippen LogP) is 2.85. The molecule has 2 aliphatic rings. The highest BCUT2D eigenvalue weighted by molar-refractivity contribution is 7.89. The smallest absolute Gasteiger partial charge is 0.291 e. The third kappa shape index (κ3) is 5.01. The molecule has 6 rings (SSSR count). The highest BCUT2D eigenvalue weighted by Gasteiger charge is 2.47. The van der Waals surface area contributed by atoms with Crippen molar-refractivity contribution < 1.29 is 21.9 Å². The van der Waals surface area contributed by atoms with Gasteiger partial charge in [0.15, 0.2) is 10.7 Å². The Morgan fingerprint density at radius 3 is 2.73 bits per heavy atom. The lowest BCUT2D eigenvalue weighted by Gasteiger charge is -2.40. The molecular weight excluding hydrogens is 576 g/mol. The average Bonchev–Trinajstić information content (AvgIpc) is 3.39. The molecular formula is C25H27F2N9O3S2. The third-order valence-corrected chi connectivity index (χ3v) is 10.0. The van der Waals surface area contributed by atoms with Crippen LogP contribution in [0.2, 0.25) is 0 Å². The first-order chi connectivity index (χ1) is 19.7. The van der Waals surface area contributed by atoms with Crippen molar-refractivity contribution in [2.24, 2.45) is 0 Å². The molecule has 1 saturated carbocycles. The molecule has 3 aromatic heterocycles. The summed E-state index contributed by atoms with van der Waals surface area (Å²) in [6, 6.07) is 6.82. The van der Waals surface area contributed by atoms with E-state index in [9.17, 15) is 22.5 Å². The fourth-order valence-electron chi connectivity index (χ4n) is 5.21. The molecule has 12 nitrogen and oxygen atoms in total. The van der Waals surface area contributed by atoms with E-state index < -0.39 is 27.0 Å². The third-order valence-electron chi connectivity index (χ3n) is 7.56. The van der Waals surface area contributed by atoms with Crippen LogP contribution in [0, 0.1) is 11.3 Å². The van der Waals surface area contributed by atoms with Crippen molar-refractivity contribution in [1.29, 1.82) is 5.26 Å². The van der Waals surface area contributed by atoms with Gasteiger partial charge in [-0.15, -0.1) is 10.2 Å². The van der Waals surface area contributed by atoms with Crippen molar-refractivity contribution in [2.75, 3.05) is 44.8 Å². The largest absolute Gasteiger partial charge is 0.383 e. The van der Waals surface area contributed by atoms with Gasteiger partial charge in [0.2, 0.25) is 15.2 Å². The van der Waals surface area contributed by atoms with Gasteiger partial charge in [-0.05, 0) is 31.9 Å². The number of nitrogens with zero attached hydrogens (tertiary/aromatic N) is 8. The minimum atomic E-state index is -4.06. The number of aromatic nitrogens is 5. The van der Waals surface area contributed by atoms with Crippen LogP contribution in [0.1, 0.15) is 31.2 Å². The monoisotopic (exact) mass is 603 g/mol.